The van der Waals surface area contributed by atoms with Crippen molar-refractivity contribution in [2.45, 2.75) is 0 Å². The van der Waals surface area contributed by atoms with E-state index in [0.717, 1.165) is 32.6 Å². The number of hydrogen-bond donors (Lipinski definition) is 0. The van der Waals surface area contributed by atoms with Crippen molar-refractivity contribution in [3.8, 4) is 6.07 Å². The highest BCUT2D eigenvalue weighted by Crippen LogP contribution is 1.97. The molecule has 4 heteroatoms. The highest BCUT2D eigenvalue weighted by molar-refractivity contribution is 5.47. The molecule has 0 N–H and O–H groups in total. The Hall–Kier alpha value is -1.08. The van der Waals surface area contributed by atoms with Gasteiger partial charge < -0.3 is 4.90 Å². The number of piperazine rings is 1. The molecule has 1 rings (SSSR count). The van der Waals surface area contributed by atoms with Crippen LogP contribution in [0.5, 0.6) is 0 Å². The molecule has 0 radical (unpaired) electrons. The van der Waals surface area contributed by atoms with Crippen LogP contribution >= 0.6 is 0 Å². The average molecular weight is 153 g/mol. The quantitative estimate of drug-likeness (QED) is 0.388. The highest BCUT2D eigenvalue weighted by Gasteiger charge is 2.13. The second-order valence-corrected chi connectivity index (χ2v) is 2.58. The molecule has 0 spiro atoms. The van der Waals surface area contributed by atoms with E-state index in [1.165, 1.54) is 0 Å². The first-order chi connectivity index (χ1) is 5.36. The first-order valence-electron chi connectivity index (χ1n) is 3.65. The molecule has 0 aromatic rings. The molecule has 1 saturated heterocycles. The van der Waals surface area contributed by atoms with Gasteiger partial charge in [-0.05, 0) is 0 Å². The maximum Gasteiger partial charge on any atom is 0.209 e. The van der Waals surface area contributed by atoms with Crippen LogP contribution in [0.1, 0.15) is 0 Å². The van der Waals surface area contributed by atoms with E-state index in [2.05, 4.69) is 6.07 Å². The largest absolute Gasteiger partial charge is 0.343 e. The van der Waals surface area contributed by atoms with Gasteiger partial charge >= 0.3 is 0 Å². The number of carbonyl (C=O) groups excluding carboxylic acids is 1. The maximum absolute atomic E-state index is 10.3. The van der Waals surface area contributed by atoms with E-state index in [9.17, 15) is 4.79 Å². The molecule has 0 aromatic carbocycles. The van der Waals surface area contributed by atoms with Crippen LogP contribution in [-0.2, 0) is 4.79 Å². The molecule has 0 atom stereocenters. The van der Waals surface area contributed by atoms with Crippen molar-refractivity contribution in [3.63, 3.8) is 0 Å². The zero-order chi connectivity index (χ0) is 8.10. The van der Waals surface area contributed by atoms with Crippen LogP contribution in [0.15, 0.2) is 0 Å². The lowest BCUT2D eigenvalue weighted by Crippen LogP contribution is -2.45. The van der Waals surface area contributed by atoms with Gasteiger partial charge in [-0.25, -0.2) is 0 Å². The van der Waals surface area contributed by atoms with E-state index < -0.39 is 0 Å². The molecule has 60 valence electrons. The van der Waals surface area contributed by atoms with Crippen molar-refractivity contribution in [1.29, 1.82) is 5.26 Å². The van der Waals surface area contributed by atoms with Crippen molar-refractivity contribution >= 4 is 6.41 Å². The van der Waals surface area contributed by atoms with Crippen LogP contribution in [0.4, 0.5) is 0 Å². The van der Waals surface area contributed by atoms with Crippen LogP contribution in [-0.4, -0.2) is 48.9 Å². The first-order valence-corrected chi connectivity index (χ1v) is 3.65. The van der Waals surface area contributed by atoms with Gasteiger partial charge in [0.1, 0.15) is 0 Å². The summed E-state index contributed by atoms with van der Waals surface area (Å²) in [5.74, 6) is 0. The fraction of sp³-hybridized carbons (Fsp3) is 0.714. The van der Waals surface area contributed by atoms with Crippen LogP contribution in [0, 0.1) is 11.3 Å². The molecule has 1 aliphatic rings. The Balaban J connectivity index is 2.25. The van der Waals surface area contributed by atoms with Crippen LogP contribution < -0.4 is 0 Å². The van der Waals surface area contributed by atoms with Gasteiger partial charge in [0, 0.05) is 26.2 Å². The molecule has 0 unspecified atom stereocenters. The van der Waals surface area contributed by atoms with Gasteiger partial charge in [-0.3, -0.25) is 9.69 Å². The molecule has 11 heavy (non-hydrogen) atoms. The Bertz CT molecular complexity index is 167. The van der Waals surface area contributed by atoms with E-state index in [4.69, 9.17) is 5.26 Å². The normalized spacial score (nSPS) is 19.4. The van der Waals surface area contributed by atoms with Crippen molar-refractivity contribution < 1.29 is 4.79 Å². The minimum absolute atomic E-state index is 0.479. The highest BCUT2D eigenvalue weighted by atomic mass is 16.1. The third-order valence-corrected chi connectivity index (χ3v) is 1.85. The number of hydrogen-bond acceptors (Lipinski definition) is 3. The Morgan fingerprint density at radius 2 is 2.00 bits per heavy atom. The third-order valence-electron chi connectivity index (χ3n) is 1.85. The Morgan fingerprint density at radius 3 is 2.45 bits per heavy atom. The summed E-state index contributed by atoms with van der Waals surface area (Å²) >= 11 is 0. The number of carbonyl (C=O) groups is 1. The molecule has 4 nitrogen and oxygen atoms in total. The van der Waals surface area contributed by atoms with Crippen molar-refractivity contribution in [1.82, 2.24) is 9.80 Å². The smallest absolute Gasteiger partial charge is 0.209 e. The summed E-state index contributed by atoms with van der Waals surface area (Å²) in [6.07, 6.45) is 0.865. The standard InChI is InChI=1S/C7H11N3O/c8-1-2-9-3-5-10(7-11)6-4-9/h7H,2-6H2. The van der Waals surface area contributed by atoms with Gasteiger partial charge in [0.25, 0.3) is 0 Å². The number of nitriles is 1. The number of nitrogens with zero attached hydrogens (tertiary/aromatic N) is 3. The zero-order valence-corrected chi connectivity index (χ0v) is 6.36. The summed E-state index contributed by atoms with van der Waals surface area (Å²) in [7, 11) is 0. The summed E-state index contributed by atoms with van der Waals surface area (Å²) in [6.45, 7) is 3.64. The number of rotatable bonds is 2. The predicted molar refractivity (Wildman–Crippen MR) is 39.7 cm³/mol. The lowest BCUT2D eigenvalue weighted by molar-refractivity contribution is -0.119. The van der Waals surface area contributed by atoms with Crippen LogP contribution in [0.3, 0.4) is 0 Å². The fourth-order valence-corrected chi connectivity index (χ4v) is 1.13. The predicted octanol–water partition coefficient (Wildman–Crippen LogP) is -0.716. The number of amides is 1. The zero-order valence-electron chi connectivity index (χ0n) is 6.36. The van der Waals surface area contributed by atoms with Crippen molar-refractivity contribution in [3.05, 3.63) is 0 Å². The van der Waals surface area contributed by atoms with E-state index in [-0.39, 0.29) is 0 Å². The van der Waals surface area contributed by atoms with Crippen molar-refractivity contribution in [2.24, 2.45) is 0 Å². The summed E-state index contributed by atoms with van der Waals surface area (Å²) in [5.41, 5.74) is 0. The minimum Gasteiger partial charge on any atom is -0.343 e. The SMILES string of the molecule is N#CCN1CCN(C=O)CC1. The van der Waals surface area contributed by atoms with Crippen molar-refractivity contribution in [2.75, 3.05) is 32.7 Å². The average Bonchev–Trinajstić information content (AvgIpc) is 2.07. The van der Waals surface area contributed by atoms with E-state index >= 15 is 0 Å². The van der Waals surface area contributed by atoms with Gasteiger partial charge in [-0.1, -0.05) is 0 Å². The molecular formula is C7H11N3O. The van der Waals surface area contributed by atoms with Gasteiger partial charge in [0.15, 0.2) is 0 Å². The summed E-state index contributed by atoms with van der Waals surface area (Å²) in [4.78, 5) is 14.0. The third kappa shape index (κ3) is 2.20. The fourth-order valence-electron chi connectivity index (χ4n) is 1.13. The molecular weight excluding hydrogens is 142 g/mol. The Kier molecular flexibility index (Phi) is 2.87. The van der Waals surface area contributed by atoms with Crippen LogP contribution in [0.2, 0.25) is 0 Å². The minimum atomic E-state index is 0.479. The summed E-state index contributed by atoms with van der Waals surface area (Å²) < 4.78 is 0. The van der Waals surface area contributed by atoms with Crippen LogP contribution in [0.25, 0.3) is 0 Å². The molecule has 0 aliphatic carbocycles. The molecule has 1 heterocycles. The van der Waals surface area contributed by atoms with Gasteiger partial charge in [-0.2, -0.15) is 5.26 Å². The van der Waals surface area contributed by atoms with Gasteiger partial charge in [-0.15, -0.1) is 0 Å². The van der Waals surface area contributed by atoms with Gasteiger partial charge in [0.2, 0.25) is 6.41 Å². The lowest BCUT2D eigenvalue weighted by Gasteiger charge is -2.30. The molecule has 1 fully saturated rings. The molecule has 1 amide bonds. The molecule has 0 saturated carbocycles. The van der Waals surface area contributed by atoms with E-state index in [0.29, 0.717) is 6.54 Å². The molecule has 0 bridgehead atoms. The first kappa shape index (κ1) is 8.02. The monoisotopic (exact) mass is 153 g/mol. The Morgan fingerprint density at radius 1 is 1.36 bits per heavy atom. The Labute approximate surface area is 66.0 Å². The molecule has 0 aromatic heterocycles. The van der Waals surface area contributed by atoms with E-state index in [1.54, 1.807) is 4.90 Å². The topological polar surface area (TPSA) is 47.3 Å². The summed E-state index contributed by atoms with van der Waals surface area (Å²) in [5, 5.41) is 8.37. The van der Waals surface area contributed by atoms with E-state index in [1.807, 2.05) is 4.90 Å². The second-order valence-electron chi connectivity index (χ2n) is 2.58. The second kappa shape index (κ2) is 3.94. The van der Waals surface area contributed by atoms with Gasteiger partial charge in [0.05, 0.1) is 12.6 Å². The summed E-state index contributed by atoms with van der Waals surface area (Å²) in [6, 6.07) is 2.09. The molecule has 1 aliphatic heterocycles. The maximum atomic E-state index is 10.3. The lowest BCUT2D eigenvalue weighted by atomic mass is 10.3.